The van der Waals surface area contributed by atoms with Gasteiger partial charge < -0.3 is 5.73 Å². The number of aromatic nitrogens is 4. The van der Waals surface area contributed by atoms with Crippen molar-refractivity contribution >= 4 is 15.4 Å². The van der Waals surface area contributed by atoms with Gasteiger partial charge in [0.2, 0.25) is 0 Å². The average molecular weight is 579 g/mol. The summed E-state index contributed by atoms with van der Waals surface area (Å²) >= 11 is 0. The largest absolute Gasteiger partial charge is 0.326 e. The van der Waals surface area contributed by atoms with Crippen LogP contribution >= 0.6 is 0 Å². The zero-order chi connectivity index (χ0) is 29.7. The van der Waals surface area contributed by atoms with Crippen molar-refractivity contribution in [2.45, 2.75) is 62.7 Å². The third-order valence-corrected chi connectivity index (χ3v) is 9.98. The number of pyridine rings is 1. The van der Waals surface area contributed by atoms with Gasteiger partial charge in [-0.1, -0.05) is 6.92 Å². The second-order valence-electron chi connectivity index (χ2n) is 11.6. The lowest BCUT2D eigenvalue weighted by Crippen LogP contribution is -2.48. The Kier molecular flexibility index (Phi) is 7.42. The predicted molar refractivity (Wildman–Crippen MR) is 152 cm³/mol. The van der Waals surface area contributed by atoms with Gasteiger partial charge in [0.25, 0.3) is 0 Å². The number of nitrogens with zero attached hydrogens (tertiary/aromatic N) is 5. The zero-order valence-corrected chi connectivity index (χ0v) is 24.2. The zero-order valence-electron chi connectivity index (χ0n) is 23.3. The molecule has 5 rings (SSSR count). The molecule has 8 nitrogen and oxygen atoms in total. The fourth-order valence-electron chi connectivity index (χ4n) is 6.14. The summed E-state index contributed by atoms with van der Waals surface area (Å²) in [5.74, 6) is -1.11. The van der Waals surface area contributed by atoms with E-state index in [0.717, 1.165) is 11.1 Å². The molecule has 214 valence electrons. The highest BCUT2D eigenvalue weighted by Crippen LogP contribution is 2.40. The fraction of sp³-hybridized carbons (Fsp3) is 0.400. The molecule has 41 heavy (non-hydrogen) atoms. The standard InChI is InChI=1S/C30H32F2N6O2S/c1-17-9-18(10-25(34)29(17)41(4,39)40)22-7-8-35-14-19(22)11-27-36-15-21-5-6-26(37-38(21)27)28-23(31)12-20(13-24(28)32)30(2,3)16-33/h5-8,12-15,17-18,25,29H,9-11,34H2,1-4H3/t17-,18+,25+,29-/m0/s1. The first kappa shape index (κ1) is 28.8. The van der Waals surface area contributed by atoms with Crippen molar-refractivity contribution in [2.24, 2.45) is 11.7 Å². The first-order valence-electron chi connectivity index (χ1n) is 13.4. The van der Waals surface area contributed by atoms with E-state index in [2.05, 4.69) is 21.1 Å². The number of nitrogens with two attached hydrogens (primary N) is 1. The Morgan fingerprint density at radius 2 is 1.85 bits per heavy atom. The second-order valence-corrected chi connectivity index (χ2v) is 13.8. The minimum absolute atomic E-state index is 0.0464. The quantitative estimate of drug-likeness (QED) is 0.351. The highest BCUT2D eigenvalue weighted by molar-refractivity contribution is 7.91. The second kappa shape index (κ2) is 10.6. The molecule has 4 aromatic rings. The van der Waals surface area contributed by atoms with Gasteiger partial charge in [-0.2, -0.15) is 10.4 Å². The van der Waals surface area contributed by atoms with Crippen molar-refractivity contribution < 1.29 is 17.2 Å². The van der Waals surface area contributed by atoms with E-state index >= 15 is 8.78 Å². The van der Waals surface area contributed by atoms with Crippen molar-refractivity contribution in [3.05, 3.63) is 83.1 Å². The van der Waals surface area contributed by atoms with Crippen LogP contribution in [0.3, 0.4) is 0 Å². The number of nitriles is 1. The SMILES string of the molecule is C[C@H]1C[C@@H](c2ccncc2Cc2ncc3ccc(-c4c(F)cc(C(C)(C)C#N)cc4F)nn23)C[C@@H](N)[C@H]1S(C)(=O)=O. The number of hydrogen-bond donors (Lipinski definition) is 1. The number of fused-ring (bicyclic) bond motifs is 1. The topological polar surface area (TPSA) is 127 Å². The summed E-state index contributed by atoms with van der Waals surface area (Å²) in [6.07, 6.45) is 7.91. The minimum Gasteiger partial charge on any atom is -0.326 e. The summed E-state index contributed by atoms with van der Waals surface area (Å²) in [7, 11) is -3.28. The Balaban J connectivity index is 1.49. The molecule has 0 saturated heterocycles. The van der Waals surface area contributed by atoms with Crippen molar-refractivity contribution in [1.82, 2.24) is 19.6 Å². The molecule has 4 atom stereocenters. The van der Waals surface area contributed by atoms with E-state index in [0.29, 0.717) is 30.6 Å². The number of rotatable bonds is 6. The monoisotopic (exact) mass is 578 g/mol. The van der Waals surface area contributed by atoms with Crippen LogP contribution in [0.1, 0.15) is 62.0 Å². The minimum atomic E-state index is -3.28. The molecule has 0 amide bonds. The first-order chi connectivity index (χ1) is 19.3. The molecular formula is C30H32F2N6O2S. The van der Waals surface area contributed by atoms with Gasteiger partial charge in [0, 0.05) is 31.1 Å². The van der Waals surface area contributed by atoms with Crippen molar-refractivity contribution in [3.8, 4) is 17.3 Å². The van der Waals surface area contributed by atoms with Crippen LogP contribution in [0.15, 0.2) is 48.9 Å². The average Bonchev–Trinajstić information content (AvgIpc) is 3.29. The Labute approximate surface area is 238 Å². The Bertz CT molecular complexity index is 1740. The molecule has 0 radical (unpaired) electrons. The molecule has 1 fully saturated rings. The van der Waals surface area contributed by atoms with Gasteiger partial charge in [-0.25, -0.2) is 26.7 Å². The number of sulfone groups is 1. The summed E-state index contributed by atoms with van der Waals surface area (Å²) in [6, 6.07) is 9.10. The Morgan fingerprint density at radius 1 is 1.15 bits per heavy atom. The van der Waals surface area contributed by atoms with Gasteiger partial charge in [-0.15, -0.1) is 0 Å². The number of benzene rings is 1. The van der Waals surface area contributed by atoms with Crippen LogP contribution in [0.5, 0.6) is 0 Å². The third kappa shape index (κ3) is 5.46. The van der Waals surface area contributed by atoms with E-state index in [1.165, 1.54) is 24.5 Å². The maximum Gasteiger partial charge on any atom is 0.152 e. The van der Waals surface area contributed by atoms with Crippen LogP contribution in [-0.4, -0.2) is 45.5 Å². The van der Waals surface area contributed by atoms with Gasteiger partial charge in [-0.05, 0) is 85.5 Å². The molecule has 1 saturated carbocycles. The summed E-state index contributed by atoms with van der Waals surface area (Å²) in [4.78, 5) is 8.84. The lowest BCUT2D eigenvalue weighted by molar-refractivity contribution is 0.308. The summed E-state index contributed by atoms with van der Waals surface area (Å²) < 4.78 is 56.6. The van der Waals surface area contributed by atoms with Gasteiger partial charge in [0.1, 0.15) is 17.5 Å². The van der Waals surface area contributed by atoms with Gasteiger partial charge in [-0.3, -0.25) is 4.98 Å². The summed E-state index contributed by atoms with van der Waals surface area (Å²) in [5, 5.41) is 13.3. The van der Waals surface area contributed by atoms with E-state index in [4.69, 9.17) is 5.73 Å². The Morgan fingerprint density at radius 3 is 2.49 bits per heavy atom. The number of imidazole rings is 1. The van der Waals surface area contributed by atoms with Crippen LogP contribution in [0.2, 0.25) is 0 Å². The number of hydrogen-bond acceptors (Lipinski definition) is 7. The fourth-order valence-corrected chi connectivity index (χ4v) is 7.84. The van der Waals surface area contributed by atoms with Crippen LogP contribution in [0, 0.1) is 28.9 Å². The molecule has 2 N–H and O–H groups in total. The van der Waals surface area contributed by atoms with Crippen molar-refractivity contribution in [3.63, 3.8) is 0 Å². The van der Waals surface area contributed by atoms with Gasteiger partial charge in [0.05, 0.1) is 39.7 Å². The molecule has 0 bridgehead atoms. The van der Waals surface area contributed by atoms with Crippen molar-refractivity contribution in [1.29, 1.82) is 5.26 Å². The predicted octanol–water partition coefficient (Wildman–Crippen LogP) is 4.72. The van der Waals surface area contributed by atoms with E-state index in [-0.39, 0.29) is 28.7 Å². The maximum absolute atomic E-state index is 15.2. The summed E-state index contributed by atoms with van der Waals surface area (Å²) in [5.41, 5.74) is 7.96. The molecule has 0 unspecified atom stereocenters. The molecular weight excluding hydrogens is 546 g/mol. The van der Waals surface area contributed by atoms with E-state index < -0.39 is 38.2 Å². The van der Waals surface area contributed by atoms with E-state index in [1.54, 1.807) is 43.0 Å². The smallest absolute Gasteiger partial charge is 0.152 e. The highest BCUT2D eigenvalue weighted by atomic mass is 32.2. The Hall–Kier alpha value is -3.75. The molecule has 11 heteroatoms. The van der Waals surface area contributed by atoms with Crippen LogP contribution in [0.25, 0.3) is 16.8 Å². The van der Waals surface area contributed by atoms with Crippen LogP contribution in [-0.2, 0) is 21.7 Å². The normalized spacial score (nSPS) is 21.6. The first-order valence-corrected chi connectivity index (χ1v) is 15.4. The molecule has 1 aliphatic rings. The van der Waals surface area contributed by atoms with Gasteiger partial charge in [0.15, 0.2) is 9.84 Å². The molecule has 3 aromatic heterocycles. The molecule has 0 spiro atoms. The molecule has 1 aliphatic carbocycles. The van der Waals surface area contributed by atoms with Crippen LogP contribution in [0.4, 0.5) is 8.78 Å². The van der Waals surface area contributed by atoms with E-state index in [1.807, 2.05) is 13.0 Å². The van der Waals surface area contributed by atoms with Gasteiger partial charge >= 0.3 is 0 Å². The maximum atomic E-state index is 15.2. The third-order valence-electron chi connectivity index (χ3n) is 8.17. The molecule has 3 heterocycles. The number of halogens is 2. The molecule has 0 aliphatic heterocycles. The summed E-state index contributed by atoms with van der Waals surface area (Å²) in [6.45, 7) is 5.13. The molecule has 1 aromatic carbocycles. The lowest BCUT2D eigenvalue weighted by Gasteiger charge is -2.38. The van der Waals surface area contributed by atoms with E-state index in [9.17, 15) is 13.7 Å². The van der Waals surface area contributed by atoms with Crippen LogP contribution < -0.4 is 5.73 Å². The lowest BCUT2D eigenvalue weighted by atomic mass is 9.75. The van der Waals surface area contributed by atoms with Crippen molar-refractivity contribution in [2.75, 3.05) is 6.26 Å². The highest BCUT2D eigenvalue weighted by Gasteiger charge is 2.40.